The predicted molar refractivity (Wildman–Crippen MR) is 114 cm³/mol. The number of carbonyl (C=O) groups is 1. The van der Waals surface area contributed by atoms with Gasteiger partial charge in [-0.2, -0.15) is 0 Å². The van der Waals surface area contributed by atoms with Gasteiger partial charge in [0.1, 0.15) is 23.3 Å². The fraction of sp³-hybridized carbons (Fsp3) is 0.250. The lowest BCUT2D eigenvalue weighted by Gasteiger charge is -2.19. The van der Waals surface area contributed by atoms with Crippen LogP contribution in [0.3, 0.4) is 0 Å². The monoisotopic (exact) mass is 445 g/mol. The maximum Gasteiger partial charge on any atom is 0.225 e. The van der Waals surface area contributed by atoms with Crippen LogP contribution in [-0.2, 0) is 11.2 Å². The van der Waals surface area contributed by atoms with Crippen LogP contribution < -0.4 is 11.1 Å². The van der Waals surface area contributed by atoms with Gasteiger partial charge in [-0.15, -0.1) is 0 Å². The molecule has 3 aromatic rings. The van der Waals surface area contributed by atoms with Crippen molar-refractivity contribution in [1.82, 2.24) is 4.98 Å². The summed E-state index contributed by atoms with van der Waals surface area (Å²) in [5.74, 6) is -3.90. The number of rotatable bonds is 8. The van der Waals surface area contributed by atoms with E-state index in [2.05, 4.69) is 10.3 Å². The maximum atomic E-state index is 14.3. The van der Waals surface area contributed by atoms with E-state index in [9.17, 15) is 22.4 Å². The molecule has 0 aliphatic carbocycles. The number of anilines is 1. The van der Waals surface area contributed by atoms with Crippen molar-refractivity contribution in [2.75, 3.05) is 5.32 Å². The summed E-state index contributed by atoms with van der Waals surface area (Å²) < 4.78 is 55.4. The van der Waals surface area contributed by atoms with E-state index in [1.807, 2.05) is 0 Å². The second kappa shape index (κ2) is 10.4. The molecule has 0 fully saturated rings. The minimum atomic E-state index is -0.792. The van der Waals surface area contributed by atoms with Crippen LogP contribution in [0.1, 0.15) is 42.4 Å². The van der Waals surface area contributed by atoms with Crippen LogP contribution >= 0.6 is 0 Å². The first-order valence-electron chi connectivity index (χ1n) is 10.1. The standard InChI is InChI=1S/C24H23F4N3O/c1-14(29)2-7-20-22(28)12-30-13-23(20)31-24(32)11-21(15-3-5-17(25)6-4-15)16-8-18(26)10-19(27)9-16/h3-6,8-10,12-14,21H,2,7,11,29H2,1H3,(H,31,32). The van der Waals surface area contributed by atoms with Crippen molar-refractivity contribution in [3.05, 3.63) is 94.8 Å². The number of hydrogen-bond acceptors (Lipinski definition) is 3. The van der Waals surface area contributed by atoms with Crippen LogP contribution in [0.15, 0.2) is 54.9 Å². The molecule has 0 bridgehead atoms. The molecule has 2 unspecified atom stereocenters. The van der Waals surface area contributed by atoms with Gasteiger partial charge in [-0.3, -0.25) is 9.78 Å². The summed E-state index contributed by atoms with van der Waals surface area (Å²) >= 11 is 0. The van der Waals surface area contributed by atoms with Gasteiger partial charge < -0.3 is 11.1 Å². The van der Waals surface area contributed by atoms with E-state index in [0.29, 0.717) is 18.4 Å². The summed E-state index contributed by atoms with van der Waals surface area (Å²) in [5.41, 5.74) is 6.97. The van der Waals surface area contributed by atoms with Crippen LogP contribution in [0.5, 0.6) is 0 Å². The molecule has 32 heavy (non-hydrogen) atoms. The predicted octanol–water partition coefficient (Wildman–Crippen LogP) is 5.08. The topological polar surface area (TPSA) is 68.0 Å². The van der Waals surface area contributed by atoms with Crippen molar-refractivity contribution < 1.29 is 22.4 Å². The highest BCUT2D eigenvalue weighted by Crippen LogP contribution is 2.30. The fourth-order valence-corrected chi connectivity index (χ4v) is 3.48. The molecular formula is C24H23F4N3O. The number of benzene rings is 2. The van der Waals surface area contributed by atoms with Gasteiger partial charge in [0.15, 0.2) is 0 Å². The number of hydrogen-bond donors (Lipinski definition) is 2. The number of nitrogens with one attached hydrogen (secondary N) is 1. The molecule has 168 valence electrons. The SMILES string of the molecule is CC(N)CCc1c(F)cncc1NC(=O)CC(c1ccc(F)cc1)c1cc(F)cc(F)c1. The number of halogens is 4. The lowest BCUT2D eigenvalue weighted by molar-refractivity contribution is -0.116. The molecule has 0 radical (unpaired) electrons. The normalized spacial score (nSPS) is 12.9. The van der Waals surface area contributed by atoms with E-state index in [1.165, 1.54) is 30.5 Å². The minimum Gasteiger partial charge on any atom is -0.328 e. The van der Waals surface area contributed by atoms with Gasteiger partial charge in [-0.25, -0.2) is 17.6 Å². The van der Waals surface area contributed by atoms with E-state index < -0.39 is 35.1 Å². The zero-order valence-electron chi connectivity index (χ0n) is 17.4. The first kappa shape index (κ1) is 23.4. The van der Waals surface area contributed by atoms with Crippen LogP contribution in [-0.4, -0.2) is 16.9 Å². The summed E-state index contributed by atoms with van der Waals surface area (Å²) in [7, 11) is 0. The van der Waals surface area contributed by atoms with E-state index >= 15 is 0 Å². The first-order valence-corrected chi connectivity index (χ1v) is 10.1. The largest absolute Gasteiger partial charge is 0.328 e. The Balaban J connectivity index is 1.88. The number of amides is 1. The molecule has 1 amide bonds. The number of carbonyl (C=O) groups excluding carboxylic acids is 1. The van der Waals surface area contributed by atoms with Crippen LogP contribution in [0, 0.1) is 23.3 Å². The summed E-state index contributed by atoms with van der Waals surface area (Å²) in [5, 5.41) is 2.64. The zero-order valence-corrected chi connectivity index (χ0v) is 17.4. The maximum absolute atomic E-state index is 14.3. The molecule has 0 saturated carbocycles. The average molecular weight is 445 g/mol. The van der Waals surface area contributed by atoms with Crippen molar-refractivity contribution >= 4 is 11.6 Å². The van der Waals surface area contributed by atoms with Gasteiger partial charge in [0.2, 0.25) is 5.91 Å². The fourth-order valence-electron chi connectivity index (χ4n) is 3.48. The Morgan fingerprint density at radius 3 is 2.25 bits per heavy atom. The molecule has 0 saturated heterocycles. The molecule has 0 aliphatic rings. The Morgan fingerprint density at radius 2 is 1.62 bits per heavy atom. The van der Waals surface area contributed by atoms with E-state index in [-0.39, 0.29) is 29.3 Å². The zero-order chi connectivity index (χ0) is 23.3. The highest BCUT2D eigenvalue weighted by atomic mass is 19.1. The third-order valence-electron chi connectivity index (χ3n) is 5.08. The minimum absolute atomic E-state index is 0.156. The van der Waals surface area contributed by atoms with Crippen molar-refractivity contribution in [3.8, 4) is 0 Å². The van der Waals surface area contributed by atoms with Crippen molar-refractivity contribution in [3.63, 3.8) is 0 Å². The van der Waals surface area contributed by atoms with Crippen molar-refractivity contribution in [2.45, 2.75) is 38.1 Å². The average Bonchev–Trinajstić information content (AvgIpc) is 2.71. The second-order valence-electron chi connectivity index (χ2n) is 7.72. The molecule has 2 aromatic carbocycles. The quantitative estimate of drug-likeness (QED) is 0.475. The molecule has 1 aromatic heterocycles. The number of pyridine rings is 1. The molecule has 0 aliphatic heterocycles. The molecule has 3 rings (SSSR count). The lowest BCUT2D eigenvalue weighted by Crippen LogP contribution is -2.19. The Morgan fingerprint density at radius 1 is 0.969 bits per heavy atom. The van der Waals surface area contributed by atoms with Gasteiger partial charge in [0.25, 0.3) is 0 Å². The van der Waals surface area contributed by atoms with E-state index in [1.54, 1.807) is 6.92 Å². The van der Waals surface area contributed by atoms with Gasteiger partial charge >= 0.3 is 0 Å². The first-order chi connectivity index (χ1) is 15.2. The molecule has 0 spiro atoms. The summed E-state index contributed by atoms with van der Waals surface area (Å²) in [6.07, 6.45) is 3.00. The molecule has 4 nitrogen and oxygen atoms in total. The Kier molecular flexibility index (Phi) is 7.58. The molecule has 2 atom stereocenters. The van der Waals surface area contributed by atoms with Crippen molar-refractivity contribution in [1.29, 1.82) is 0 Å². The third kappa shape index (κ3) is 6.13. The summed E-state index contributed by atoms with van der Waals surface area (Å²) in [6.45, 7) is 1.79. The Labute approximate surface area is 183 Å². The van der Waals surface area contributed by atoms with Gasteiger partial charge in [-0.05, 0) is 55.2 Å². The lowest BCUT2D eigenvalue weighted by atomic mass is 9.88. The van der Waals surface area contributed by atoms with E-state index in [4.69, 9.17) is 5.73 Å². The third-order valence-corrected chi connectivity index (χ3v) is 5.08. The Hall–Kier alpha value is -3.26. The summed E-state index contributed by atoms with van der Waals surface area (Å²) in [4.78, 5) is 16.7. The highest BCUT2D eigenvalue weighted by Gasteiger charge is 2.21. The van der Waals surface area contributed by atoms with E-state index in [0.717, 1.165) is 24.4 Å². The molecule has 3 N–H and O–H groups in total. The number of nitrogens with zero attached hydrogens (tertiary/aromatic N) is 1. The smallest absolute Gasteiger partial charge is 0.225 e. The number of aromatic nitrogens is 1. The van der Waals surface area contributed by atoms with Gasteiger partial charge in [0.05, 0.1) is 18.1 Å². The molecular weight excluding hydrogens is 422 g/mol. The Bertz CT molecular complexity index is 1070. The van der Waals surface area contributed by atoms with Gasteiger partial charge in [0, 0.05) is 30.0 Å². The van der Waals surface area contributed by atoms with Crippen LogP contribution in [0.4, 0.5) is 23.2 Å². The van der Waals surface area contributed by atoms with Crippen molar-refractivity contribution in [2.24, 2.45) is 5.73 Å². The highest BCUT2D eigenvalue weighted by molar-refractivity contribution is 5.92. The molecule has 1 heterocycles. The van der Waals surface area contributed by atoms with Gasteiger partial charge in [-0.1, -0.05) is 12.1 Å². The van der Waals surface area contributed by atoms with Crippen LogP contribution in [0.2, 0.25) is 0 Å². The number of nitrogens with two attached hydrogens (primary N) is 1. The molecule has 8 heteroatoms. The summed E-state index contributed by atoms with van der Waals surface area (Å²) in [6, 6.07) is 8.15. The van der Waals surface area contributed by atoms with Crippen LogP contribution in [0.25, 0.3) is 0 Å². The second-order valence-corrected chi connectivity index (χ2v) is 7.72.